The molecule has 0 bridgehead atoms. The summed E-state index contributed by atoms with van der Waals surface area (Å²) in [7, 11) is 2.65. The molecule has 1 heterocycles. The van der Waals surface area contributed by atoms with Gasteiger partial charge in [-0.25, -0.2) is 14.4 Å². The van der Waals surface area contributed by atoms with Crippen molar-refractivity contribution in [1.29, 1.82) is 0 Å². The first-order valence-corrected chi connectivity index (χ1v) is 9.20. The third-order valence-corrected chi connectivity index (χ3v) is 4.79. The number of para-hydroxylation sites is 2. The molecule has 3 rings (SSSR count). The molecule has 0 unspecified atom stereocenters. The Morgan fingerprint density at radius 2 is 1.34 bits per heavy atom. The maximum atomic E-state index is 12.7. The maximum absolute atomic E-state index is 12.7. The molecule has 0 radical (unpaired) electrons. The highest BCUT2D eigenvalue weighted by atomic mass is 16.5. The summed E-state index contributed by atoms with van der Waals surface area (Å²) in [6.45, 7) is 2.09. The summed E-state index contributed by atoms with van der Waals surface area (Å²) in [6, 6.07) is 13.7. The van der Waals surface area contributed by atoms with Gasteiger partial charge in [0.15, 0.2) is 0 Å². The van der Waals surface area contributed by atoms with E-state index < -0.39 is 5.97 Å². The number of methoxy groups -OCH3 is 2. The van der Waals surface area contributed by atoms with Crippen LogP contribution in [0.25, 0.3) is 0 Å². The number of nitrogens with one attached hydrogen (secondary N) is 1. The van der Waals surface area contributed by atoms with Crippen molar-refractivity contribution >= 4 is 29.3 Å². The first kappa shape index (κ1) is 20.2. The van der Waals surface area contributed by atoms with E-state index in [1.54, 1.807) is 41.3 Å². The Kier molecular flexibility index (Phi) is 6.33. The Hall–Kier alpha value is -3.55. The summed E-state index contributed by atoms with van der Waals surface area (Å²) in [5.41, 5.74) is 1.99. The van der Waals surface area contributed by atoms with E-state index >= 15 is 0 Å². The molecule has 0 saturated carbocycles. The molecule has 1 saturated heterocycles. The van der Waals surface area contributed by atoms with Gasteiger partial charge in [0.05, 0.1) is 36.7 Å². The summed E-state index contributed by atoms with van der Waals surface area (Å²) in [4.78, 5) is 40.3. The van der Waals surface area contributed by atoms with Gasteiger partial charge in [-0.15, -0.1) is 0 Å². The first-order valence-electron chi connectivity index (χ1n) is 9.20. The predicted molar refractivity (Wildman–Crippen MR) is 108 cm³/mol. The van der Waals surface area contributed by atoms with Crippen LogP contribution in [0.3, 0.4) is 0 Å². The highest BCUT2D eigenvalue weighted by Crippen LogP contribution is 2.23. The van der Waals surface area contributed by atoms with Gasteiger partial charge >= 0.3 is 18.0 Å². The van der Waals surface area contributed by atoms with Gasteiger partial charge in [0.1, 0.15) is 0 Å². The fraction of sp³-hybridized carbons (Fsp3) is 0.286. The molecule has 0 aromatic heterocycles. The van der Waals surface area contributed by atoms with Gasteiger partial charge in [0.25, 0.3) is 0 Å². The van der Waals surface area contributed by atoms with Gasteiger partial charge in [-0.1, -0.05) is 24.3 Å². The van der Waals surface area contributed by atoms with Crippen LogP contribution < -0.4 is 10.2 Å². The highest BCUT2D eigenvalue weighted by molar-refractivity contribution is 6.01. The molecule has 29 heavy (non-hydrogen) atoms. The monoisotopic (exact) mass is 397 g/mol. The number of hydrogen-bond donors (Lipinski definition) is 1. The maximum Gasteiger partial charge on any atom is 0.339 e. The minimum atomic E-state index is -0.509. The summed E-state index contributed by atoms with van der Waals surface area (Å²) >= 11 is 0. The van der Waals surface area contributed by atoms with Crippen LogP contribution >= 0.6 is 0 Å². The second-order valence-electron chi connectivity index (χ2n) is 6.45. The minimum Gasteiger partial charge on any atom is -0.465 e. The zero-order chi connectivity index (χ0) is 20.8. The Morgan fingerprint density at radius 1 is 0.793 bits per heavy atom. The molecule has 0 spiro atoms. The van der Waals surface area contributed by atoms with E-state index in [1.807, 2.05) is 12.1 Å². The lowest BCUT2D eigenvalue weighted by Gasteiger charge is -2.36. The molecular formula is C21H23N3O5. The fourth-order valence-electron chi connectivity index (χ4n) is 3.26. The van der Waals surface area contributed by atoms with E-state index in [4.69, 9.17) is 9.47 Å². The van der Waals surface area contributed by atoms with Crippen LogP contribution in [-0.2, 0) is 9.47 Å². The Morgan fingerprint density at radius 3 is 2.00 bits per heavy atom. The van der Waals surface area contributed by atoms with Crippen molar-refractivity contribution in [3.8, 4) is 0 Å². The van der Waals surface area contributed by atoms with Crippen LogP contribution in [0.4, 0.5) is 16.2 Å². The van der Waals surface area contributed by atoms with E-state index in [0.29, 0.717) is 43.0 Å². The van der Waals surface area contributed by atoms with Gasteiger partial charge in [-0.3, -0.25) is 0 Å². The standard InChI is InChI=1S/C21H23N3O5/c1-28-19(25)15-7-3-5-9-17(15)22-21(27)24-13-11-23(12-14-24)18-10-6-4-8-16(18)20(26)29-2/h3-10H,11-14H2,1-2H3,(H,22,27). The number of benzene rings is 2. The molecule has 1 fully saturated rings. The van der Waals surface area contributed by atoms with Crippen molar-refractivity contribution in [2.75, 3.05) is 50.6 Å². The van der Waals surface area contributed by atoms with Crippen molar-refractivity contribution in [3.63, 3.8) is 0 Å². The quantitative estimate of drug-likeness (QED) is 0.798. The number of carbonyl (C=O) groups is 3. The molecule has 0 aliphatic carbocycles. The number of urea groups is 1. The normalized spacial score (nSPS) is 13.6. The molecule has 1 aliphatic heterocycles. The van der Waals surface area contributed by atoms with Gasteiger partial charge in [-0.2, -0.15) is 0 Å². The smallest absolute Gasteiger partial charge is 0.339 e. The van der Waals surface area contributed by atoms with Crippen molar-refractivity contribution in [1.82, 2.24) is 4.90 Å². The van der Waals surface area contributed by atoms with Crippen molar-refractivity contribution < 1.29 is 23.9 Å². The minimum absolute atomic E-state index is 0.290. The summed E-state index contributed by atoms with van der Waals surface area (Å²) in [6.07, 6.45) is 0. The Bertz CT molecular complexity index is 907. The van der Waals surface area contributed by atoms with Crippen LogP contribution in [-0.4, -0.2) is 63.3 Å². The number of carbonyl (C=O) groups excluding carboxylic acids is 3. The number of ether oxygens (including phenoxy) is 2. The average Bonchev–Trinajstić information content (AvgIpc) is 2.78. The van der Waals surface area contributed by atoms with Gasteiger partial charge in [0, 0.05) is 26.2 Å². The van der Waals surface area contributed by atoms with Crippen LogP contribution in [0, 0.1) is 0 Å². The zero-order valence-corrected chi connectivity index (χ0v) is 16.4. The lowest BCUT2D eigenvalue weighted by Crippen LogP contribution is -2.50. The molecule has 2 amide bonds. The van der Waals surface area contributed by atoms with E-state index in [-0.39, 0.29) is 12.0 Å². The Balaban J connectivity index is 1.66. The lowest BCUT2D eigenvalue weighted by molar-refractivity contribution is 0.0592. The SMILES string of the molecule is COC(=O)c1ccccc1NC(=O)N1CCN(c2ccccc2C(=O)OC)CC1. The zero-order valence-electron chi connectivity index (χ0n) is 16.4. The van der Waals surface area contributed by atoms with E-state index in [1.165, 1.54) is 14.2 Å². The molecular weight excluding hydrogens is 374 g/mol. The average molecular weight is 397 g/mol. The molecule has 152 valence electrons. The van der Waals surface area contributed by atoms with Gasteiger partial charge < -0.3 is 24.6 Å². The highest BCUT2D eigenvalue weighted by Gasteiger charge is 2.25. The van der Waals surface area contributed by atoms with Crippen LogP contribution in [0.2, 0.25) is 0 Å². The fourth-order valence-corrected chi connectivity index (χ4v) is 3.26. The second-order valence-corrected chi connectivity index (χ2v) is 6.45. The number of hydrogen-bond acceptors (Lipinski definition) is 6. The van der Waals surface area contributed by atoms with E-state index in [9.17, 15) is 14.4 Å². The van der Waals surface area contributed by atoms with Crippen LogP contribution in [0.1, 0.15) is 20.7 Å². The number of esters is 2. The van der Waals surface area contributed by atoms with Gasteiger partial charge in [-0.05, 0) is 24.3 Å². The molecule has 0 atom stereocenters. The largest absolute Gasteiger partial charge is 0.465 e. The van der Waals surface area contributed by atoms with Crippen molar-refractivity contribution in [2.24, 2.45) is 0 Å². The van der Waals surface area contributed by atoms with Crippen molar-refractivity contribution in [3.05, 3.63) is 59.7 Å². The van der Waals surface area contributed by atoms with E-state index in [0.717, 1.165) is 5.69 Å². The first-order chi connectivity index (χ1) is 14.0. The number of amides is 2. The third-order valence-electron chi connectivity index (χ3n) is 4.79. The second kappa shape index (κ2) is 9.09. The molecule has 1 N–H and O–H groups in total. The molecule has 1 aliphatic rings. The number of nitrogens with zero attached hydrogens (tertiary/aromatic N) is 2. The predicted octanol–water partition coefficient (Wildman–Crippen LogP) is 2.61. The third kappa shape index (κ3) is 4.48. The topological polar surface area (TPSA) is 88.2 Å². The Labute approximate surface area is 169 Å². The summed E-state index contributed by atoms with van der Waals surface area (Å²) < 4.78 is 9.61. The van der Waals surface area contributed by atoms with Gasteiger partial charge in [0.2, 0.25) is 0 Å². The summed E-state index contributed by atoms with van der Waals surface area (Å²) in [5, 5.41) is 2.78. The number of piperazine rings is 1. The number of rotatable bonds is 4. The van der Waals surface area contributed by atoms with Crippen molar-refractivity contribution in [2.45, 2.75) is 0 Å². The van der Waals surface area contributed by atoms with Crippen LogP contribution in [0.5, 0.6) is 0 Å². The molecule has 2 aromatic carbocycles. The molecule has 2 aromatic rings. The lowest BCUT2D eigenvalue weighted by atomic mass is 10.1. The molecule has 8 heteroatoms. The number of anilines is 2. The van der Waals surface area contributed by atoms with Crippen LogP contribution in [0.15, 0.2) is 48.5 Å². The summed E-state index contributed by atoms with van der Waals surface area (Å²) in [5.74, 6) is -0.898. The molecule has 8 nitrogen and oxygen atoms in total. The van der Waals surface area contributed by atoms with E-state index in [2.05, 4.69) is 10.2 Å².